The van der Waals surface area contributed by atoms with Crippen molar-refractivity contribution in [3.05, 3.63) is 23.8 Å². The number of benzene rings is 1. The maximum absolute atomic E-state index is 12.4. The van der Waals surface area contributed by atoms with Crippen LogP contribution in [0.25, 0.3) is 0 Å². The van der Waals surface area contributed by atoms with Crippen molar-refractivity contribution in [2.24, 2.45) is 22.5 Å². The third-order valence-electron chi connectivity index (χ3n) is 5.15. The van der Waals surface area contributed by atoms with Gasteiger partial charge in [-0.05, 0) is 41.4 Å². The number of nitrogens with two attached hydrogens (primary N) is 1. The zero-order valence-electron chi connectivity index (χ0n) is 25.1. The monoisotopic (exact) mass is 567 g/mol. The molecule has 0 bridgehead atoms. The zero-order valence-corrected chi connectivity index (χ0v) is 25.1. The van der Waals surface area contributed by atoms with Gasteiger partial charge in [-0.1, -0.05) is 61.5 Å². The Kier molecular flexibility index (Phi) is 12.4. The Hall–Kier alpha value is -3.34. The number of hydrogen-bond donors (Lipinski definition) is 2. The van der Waals surface area contributed by atoms with Gasteiger partial charge in [0.15, 0.2) is 11.5 Å². The highest BCUT2D eigenvalue weighted by Gasteiger charge is 2.37. The van der Waals surface area contributed by atoms with Gasteiger partial charge in [0, 0.05) is 19.3 Å². The van der Waals surface area contributed by atoms with Gasteiger partial charge in [-0.25, -0.2) is 9.59 Å². The molecule has 0 radical (unpaired) electrons. The lowest BCUT2D eigenvalue weighted by atomic mass is 9.86. The summed E-state index contributed by atoms with van der Waals surface area (Å²) >= 11 is 0. The van der Waals surface area contributed by atoms with E-state index in [2.05, 4.69) is 0 Å². The third-order valence-corrected chi connectivity index (χ3v) is 5.15. The molecule has 1 aromatic carbocycles. The van der Waals surface area contributed by atoms with Gasteiger partial charge in [0.25, 0.3) is 0 Å². The van der Waals surface area contributed by atoms with Crippen molar-refractivity contribution in [2.75, 3.05) is 13.2 Å². The number of rotatable bonds is 12. The molecule has 3 N–H and O–H groups in total. The number of carboxylic acids is 1. The van der Waals surface area contributed by atoms with E-state index in [1.807, 2.05) is 55.4 Å². The van der Waals surface area contributed by atoms with Crippen LogP contribution >= 0.6 is 0 Å². The van der Waals surface area contributed by atoms with E-state index >= 15 is 0 Å². The fourth-order valence-corrected chi connectivity index (χ4v) is 3.38. The summed E-state index contributed by atoms with van der Waals surface area (Å²) in [6.07, 6.45) is -3.00. The van der Waals surface area contributed by atoms with Crippen molar-refractivity contribution in [2.45, 2.75) is 93.2 Å². The van der Waals surface area contributed by atoms with E-state index in [0.29, 0.717) is 5.56 Å². The fourth-order valence-electron chi connectivity index (χ4n) is 3.38. The van der Waals surface area contributed by atoms with Crippen LogP contribution in [0.1, 0.15) is 80.7 Å². The topological polar surface area (TPSA) is 161 Å². The number of carbonyl (C=O) groups is 4. The second-order valence-corrected chi connectivity index (χ2v) is 12.9. The zero-order chi connectivity index (χ0) is 30.9. The molecule has 0 aromatic heterocycles. The molecule has 40 heavy (non-hydrogen) atoms. The summed E-state index contributed by atoms with van der Waals surface area (Å²) in [5.41, 5.74) is 4.17. The molecule has 1 rings (SSSR count). The van der Waals surface area contributed by atoms with Crippen molar-refractivity contribution < 1.29 is 48.0 Å². The summed E-state index contributed by atoms with van der Waals surface area (Å²) in [4.78, 5) is 48.9. The fraction of sp³-hybridized carbons (Fsp3) is 0.655. The van der Waals surface area contributed by atoms with E-state index in [1.165, 1.54) is 18.2 Å². The van der Waals surface area contributed by atoms with Gasteiger partial charge in [0.05, 0.1) is 13.2 Å². The molecule has 0 fully saturated rings. The Morgan fingerprint density at radius 3 is 1.80 bits per heavy atom. The minimum Gasteiger partial charge on any atom is -0.480 e. The van der Waals surface area contributed by atoms with Crippen molar-refractivity contribution >= 4 is 24.2 Å². The van der Waals surface area contributed by atoms with Crippen molar-refractivity contribution in [3.63, 3.8) is 0 Å². The van der Waals surface area contributed by atoms with Gasteiger partial charge in [0.1, 0.15) is 11.6 Å². The first kappa shape index (κ1) is 34.7. The maximum atomic E-state index is 12.4. The normalized spacial score (nSPS) is 14.1. The van der Waals surface area contributed by atoms with Crippen LogP contribution in [-0.2, 0) is 30.2 Å². The van der Waals surface area contributed by atoms with Gasteiger partial charge >= 0.3 is 24.2 Å². The maximum Gasteiger partial charge on any atom is 0.513 e. The molecule has 0 amide bonds. The van der Waals surface area contributed by atoms with Crippen molar-refractivity contribution in [1.29, 1.82) is 0 Å². The molecule has 2 atom stereocenters. The van der Waals surface area contributed by atoms with E-state index < -0.39 is 35.9 Å². The first-order valence-corrected chi connectivity index (χ1v) is 13.2. The number of carbonyl (C=O) groups excluding carboxylic acids is 3. The summed E-state index contributed by atoms with van der Waals surface area (Å²) in [5.74, 6) is -1.99. The summed E-state index contributed by atoms with van der Waals surface area (Å²) in [5, 5.41) is 9.92. The molecule has 11 heteroatoms. The lowest BCUT2D eigenvalue weighted by Crippen LogP contribution is -2.52. The van der Waals surface area contributed by atoms with E-state index in [1.54, 1.807) is 6.92 Å². The van der Waals surface area contributed by atoms with Crippen LogP contribution in [0.15, 0.2) is 18.2 Å². The first-order valence-electron chi connectivity index (χ1n) is 13.2. The van der Waals surface area contributed by atoms with Crippen LogP contribution in [-0.4, -0.2) is 54.2 Å². The predicted octanol–water partition coefficient (Wildman–Crippen LogP) is 5.50. The summed E-state index contributed by atoms with van der Waals surface area (Å²) in [6.45, 7) is 16.7. The number of esters is 1. The van der Waals surface area contributed by atoms with E-state index in [9.17, 15) is 24.3 Å². The molecule has 0 aliphatic carbocycles. The molecule has 0 saturated heterocycles. The molecule has 1 aromatic rings. The van der Waals surface area contributed by atoms with E-state index in [0.717, 1.165) is 0 Å². The quantitative estimate of drug-likeness (QED) is 0.186. The molecule has 0 spiro atoms. The highest BCUT2D eigenvalue weighted by atomic mass is 16.7. The standard InChI is InChI=1S/C29H45NO10/c1-18(2)12-23(31)38-19(3)14-29(30,24(32)33)15-20-10-11-21(39-25(34)36-16-27(4,5)6)22(13-20)40-26(35)37-17-28(7,8)9/h10-11,13,18-19H,12,14-17,30H2,1-9H3,(H,32,33)/t19-,29?/m0/s1. The summed E-state index contributed by atoms with van der Waals surface area (Å²) in [6, 6.07) is 4.17. The molecular weight excluding hydrogens is 522 g/mol. The SMILES string of the molecule is CC(C)CC(=O)O[C@@H](C)CC(N)(Cc1ccc(OC(=O)OCC(C)(C)C)c(OC(=O)OCC(C)(C)C)c1)C(=O)O. The highest BCUT2D eigenvalue weighted by Crippen LogP contribution is 2.32. The van der Waals surface area contributed by atoms with Crippen LogP contribution in [0.5, 0.6) is 11.5 Å². The molecule has 0 aliphatic rings. The Bertz CT molecular complexity index is 1040. The van der Waals surface area contributed by atoms with E-state index in [-0.39, 0.29) is 60.7 Å². The number of hydrogen-bond acceptors (Lipinski definition) is 10. The van der Waals surface area contributed by atoms with Crippen LogP contribution in [0, 0.1) is 16.7 Å². The van der Waals surface area contributed by atoms with Crippen LogP contribution in [0.4, 0.5) is 9.59 Å². The number of aliphatic carboxylic acids is 1. The molecular formula is C29H45NO10. The Labute approximate surface area is 236 Å². The molecule has 0 saturated carbocycles. The third kappa shape index (κ3) is 13.6. The Morgan fingerprint density at radius 2 is 1.35 bits per heavy atom. The Morgan fingerprint density at radius 1 is 0.850 bits per heavy atom. The smallest absolute Gasteiger partial charge is 0.480 e. The van der Waals surface area contributed by atoms with Crippen molar-refractivity contribution in [3.8, 4) is 11.5 Å². The van der Waals surface area contributed by atoms with Crippen molar-refractivity contribution in [1.82, 2.24) is 0 Å². The lowest BCUT2D eigenvalue weighted by Gasteiger charge is -2.28. The van der Waals surface area contributed by atoms with Gasteiger partial charge in [0.2, 0.25) is 0 Å². The molecule has 11 nitrogen and oxygen atoms in total. The molecule has 226 valence electrons. The highest BCUT2D eigenvalue weighted by molar-refractivity contribution is 5.79. The van der Waals surface area contributed by atoms with Gasteiger partial charge in [-0.15, -0.1) is 0 Å². The summed E-state index contributed by atoms with van der Waals surface area (Å²) < 4.78 is 26.2. The number of carboxylic acid groups (broad SMARTS) is 1. The minimum absolute atomic E-state index is 0.0632. The molecule has 0 heterocycles. The Balaban J connectivity index is 3.20. The average molecular weight is 568 g/mol. The van der Waals surface area contributed by atoms with Crippen LogP contribution in [0.3, 0.4) is 0 Å². The van der Waals surface area contributed by atoms with E-state index in [4.69, 9.17) is 29.4 Å². The largest absolute Gasteiger partial charge is 0.513 e. The van der Waals surface area contributed by atoms with Crippen LogP contribution < -0.4 is 15.2 Å². The van der Waals surface area contributed by atoms with Gasteiger partial charge in [-0.2, -0.15) is 0 Å². The van der Waals surface area contributed by atoms with Gasteiger partial charge < -0.3 is 34.5 Å². The molecule has 1 unspecified atom stereocenters. The summed E-state index contributed by atoms with van der Waals surface area (Å²) in [7, 11) is 0. The van der Waals surface area contributed by atoms with Crippen LogP contribution in [0.2, 0.25) is 0 Å². The average Bonchev–Trinajstić information content (AvgIpc) is 2.76. The number of ether oxygens (including phenoxy) is 5. The van der Waals surface area contributed by atoms with Gasteiger partial charge in [-0.3, -0.25) is 9.59 Å². The second-order valence-electron chi connectivity index (χ2n) is 12.9. The molecule has 0 aliphatic heterocycles. The second kappa shape index (κ2) is 14.3. The first-order chi connectivity index (χ1) is 18.2. The predicted molar refractivity (Wildman–Crippen MR) is 147 cm³/mol. The minimum atomic E-state index is -1.82. The lowest BCUT2D eigenvalue weighted by molar-refractivity contribution is -0.154.